The quantitative estimate of drug-likeness (QED) is 0.115. The first-order valence-electron chi connectivity index (χ1n) is 12.3. The molecule has 0 bridgehead atoms. The van der Waals surface area contributed by atoms with E-state index in [1.54, 1.807) is 12.4 Å². The number of nitrogens with two attached hydrogens (primary N) is 2. The summed E-state index contributed by atoms with van der Waals surface area (Å²) in [5.41, 5.74) is 21.9. The van der Waals surface area contributed by atoms with E-state index in [2.05, 4.69) is 69.6 Å². The van der Waals surface area contributed by atoms with Crippen molar-refractivity contribution in [2.45, 2.75) is 13.2 Å². The van der Waals surface area contributed by atoms with Gasteiger partial charge in [0.2, 0.25) is 0 Å². The van der Waals surface area contributed by atoms with Gasteiger partial charge in [-0.3, -0.25) is 10.9 Å². The topological polar surface area (TPSA) is 119 Å². The first kappa shape index (κ1) is 28.2. The highest BCUT2D eigenvalue weighted by atomic mass is 32.1. The van der Waals surface area contributed by atoms with Gasteiger partial charge in [-0.1, -0.05) is 72.8 Å². The lowest BCUT2D eigenvalue weighted by Crippen LogP contribution is -2.23. The van der Waals surface area contributed by atoms with Crippen molar-refractivity contribution in [3.05, 3.63) is 119 Å². The standard InChI is InChI=1S/C30H28N6O2S2/c31-29(39)35-33-17-23-3-1-5-27(15-23)37-19-21-7-11-25(12-8-21)26-13-9-22(10-14-26)20-38-28-6-2-4-24(16-28)18-34-36-30(32)40/h1-18H,19-20H2,(H3,31,35,39)(H3,32,36,40)/b33-17+,34-18+. The van der Waals surface area contributed by atoms with E-state index in [1.807, 2.05) is 48.5 Å². The zero-order valence-electron chi connectivity index (χ0n) is 21.5. The predicted molar refractivity (Wildman–Crippen MR) is 168 cm³/mol. The number of hydrazone groups is 2. The maximum Gasteiger partial charge on any atom is 0.184 e. The molecular formula is C30H28N6O2S2. The summed E-state index contributed by atoms with van der Waals surface area (Å²) in [5.74, 6) is 1.49. The van der Waals surface area contributed by atoms with Crippen LogP contribution in [0, 0.1) is 0 Å². The molecule has 0 aromatic heterocycles. The molecule has 0 radical (unpaired) electrons. The SMILES string of the molecule is NC(=S)N/N=C/c1cccc(OCc2ccc(-c3ccc(COc4cccc(/C=N/NC(N)=S)c4)cc3)cc2)c1. The van der Waals surface area contributed by atoms with Crippen LogP contribution in [0.5, 0.6) is 11.5 Å². The number of thiocarbonyl (C=S) groups is 2. The summed E-state index contributed by atoms with van der Waals surface area (Å²) in [6.07, 6.45) is 3.26. The van der Waals surface area contributed by atoms with Crippen molar-refractivity contribution in [1.82, 2.24) is 10.9 Å². The molecular weight excluding hydrogens is 541 g/mol. The molecule has 0 spiro atoms. The Labute approximate surface area is 243 Å². The number of hydrogen-bond donors (Lipinski definition) is 4. The van der Waals surface area contributed by atoms with E-state index in [1.165, 1.54) is 0 Å². The largest absolute Gasteiger partial charge is 0.489 e. The zero-order valence-corrected chi connectivity index (χ0v) is 23.1. The molecule has 4 aromatic carbocycles. The smallest absolute Gasteiger partial charge is 0.184 e. The lowest BCUT2D eigenvalue weighted by atomic mass is 10.0. The van der Waals surface area contributed by atoms with Crippen LogP contribution < -0.4 is 31.8 Å². The van der Waals surface area contributed by atoms with E-state index in [0.29, 0.717) is 13.2 Å². The normalized spacial score (nSPS) is 10.9. The molecule has 0 heterocycles. The van der Waals surface area contributed by atoms with E-state index in [9.17, 15) is 0 Å². The van der Waals surface area contributed by atoms with Crippen molar-refractivity contribution < 1.29 is 9.47 Å². The van der Waals surface area contributed by atoms with E-state index in [4.69, 9.17) is 45.4 Å². The van der Waals surface area contributed by atoms with Gasteiger partial charge in [-0.05, 0) is 82.1 Å². The molecule has 0 amide bonds. The minimum Gasteiger partial charge on any atom is -0.489 e. The Bertz CT molecular complexity index is 1390. The molecule has 6 N–H and O–H groups in total. The molecule has 0 atom stereocenters. The second kappa shape index (κ2) is 14.4. The Morgan fingerprint density at radius 3 is 1.40 bits per heavy atom. The van der Waals surface area contributed by atoms with Gasteiger partial charge in [0.15, 0.2) is 10.2 Å². The van der Waals surface area contributed by atoms with Crippen LogP contribution in [0.1, 0.15) is 22.3 Å². The van der Waals surface area contributed by atoms with Crippen LogP contribution in [0.3, 0.4) is 0 Å². The number of nitrogens with one attached hydrogen (secondary N) is 2. The van der Waals surface area contributed by atoms with Gasteiger partial charge in [0.25, 0.3) is 0 Å². The van der Waals surface area contributed by atoms with Crippen molar-refractivity contribution in [2.75, 3.05) is 0 Å². The van der Waals surface area contributed by atoms with E-state index in [-0.39, 0.29) is 10.2 Å². The Morgan fingerprint density at radius 1 is 0.625 bits per heavy atom. The maximum absolute atomic E-state index is 5.95. The molecule has 0 saturated heterocycles. The van der Waals surface area contributed by atoms with Crippen LogP contribution in [0.4, 0.5) is 0 Å². The second-order valence-corrected chi connectivity index (χ2v) is 9.46. The lowest BCUT2D eigenvalue weighted by Gasteiger charge is -2.09. The van der Waals surface area contributed by atoms with Crippen molar-refractivity contribution in [1.29, 1.82) is 0 Å². The van der Waals surface area contributed by atoms with Gasteiger partial charge < -0.3 is 20.9 Å². The zero-order chi connectivity index (χ0) is 28.2. The molecule has 0 aliphatic heterocycles. The highest BCUT2D eigenvalue weighted by Crippen LogP contribution is 2.22. The molecule has 0 unspecified atom stereocenters. The molecule has 8 nitrogen and oxygen atoms in total. The summed E-state index contributed by atoms with van der Waals surface area (Å²) in [7, 11) is 0. The molecule has 0 saturated carbocycles. The van der Waals surface area contributed by atoms with Crippen molar-refractivity contribution in [2.24, 2.45) is 21.7 Å². The average molecular weight is 569 g/mol. The lowest BCUT2D eigenvalue weighted by molar-refractivity contribution is 0.306. The van der Waals surface area contributed by atoms with Crippen molar-refractivity contribution >= 4 is 47.1 Å². The number of ether oxygens (including phenoxy) is 2. The monoisotopic (exact) mass is 568 g/mol. The third-order valence-corrected chi connectivity index (χ3v) is 5.73. The van der Waals surface area contributed by atoms with Gasteiger partial charge >= 0.3 is 0 Å². The molecule has 0 aliphatic rings. The van der Waals surface area contributed by atoms with Gasteiger partial charge in [-0.2, -0.15) is 10.2 Å². The third-order valence-electron chi connectivity index (χ3n) is 5.55. The highest BCUT2D eigenvalue weighted by molar-refractivity contribution is 7.80. The first-order chi connectivity index (χ1) is 19.4. The van der Waals surface area contributed by atoms with Crippen LogP contribution in [0.25, 0.3) is 11.1 Å². The van der Waals surface area contributed by atoms with E-state index >= 15 is 0 Å². The number of hydrogen-bond acceptors (Lipinski definition) is 6. The van der Waals surface area contributed by atoms with Crippen LogP contribution in [-0.2, 0) is 13.2 Å². The molecule has 4 rings (SSSR count). The Kier molecular flexibility index (Phi) is 10.1. The van der Waals surface area contributed by atoms with Crippen LogP contribution >= 0.6 is 24.4 Å². The highest BCUT2D eigenvalue weighted by Gasteiger charge is 2.03. The average Bonchev–Trinajstić information content (AvgIpc) is 2.96. The summed E-state index contributed by atoms with van der Waals surface area (Å²) in [4.78, 5) is 0. The minimum atomic E-state index is 0.116. The van der Waals surface area contributed by atoms with Crippen LogP contribution in [0.2, 0.25) is 0 Å². The summed E-state index contributed by atoms with van der Waals surface area (Å²) in [6, 6.07) is 31.9. The minimum absolute atomic E-state index is 0.116. The van der Waals surface area contributed by atoms with Crippen molar-refractivity contribution in [3.8, 4) is 22.6 Å². The van der Waals surface area contributed by atoms with Gasteiger partial charge in [-0.25, -0.2) is 0 Å². The summed E-state index contributed by atoms with van der Waals surface area (Å²) in [6.45, 7) is 0.901. The summed E-state index contributed by atoms with van der Waals surface area (Å²) < 4.78 is 11.9. The molecule has 4 aromatic rings. The summed E-state index contributed by atoms with van der Waals surface area (Å²) >= 11 is 9.48. The maximum atomic E-state index is 5.95. The molecule has 202 valence electrons. The Morgan fingerprint density at radius 2 is 1.02 bits per heavy atom. The van der Waals surface area contributed by atoms with Gasteiger partial charge in [0.1, 0.15) is 24.7 Å². The molecule has 40 heavy (non-hydrogen) atoms. The van der Waals surface area contributed by atoms with Crippen LogP contribution in [0.15, 0.2) is 107 Å². The van der Waals surface area contributed by atoms with Crippen molar-refractivity contribution in [3.63, 3.8) is 0 Å². The Balaban J connectivity index is 1.28. The fraction of sp³-hybridized carbons (Fsp3) is 0.0667. The Hall–Kier alpha value is -4.80. The van der Waals surface area contributed by atoms with Gasteiger partial charge in [-0.15, -0.1) is 0 Å². The molecule has 0 aliphatic carbocycles. The van der Waals surface area contributed by atoms with Gasteiger partial charge in [0, 0.05) is 0 Å². The second-order valence-electron chi connectivity index (χ2n) is 8.58. The predicted octanol–water partition coefficient (Wildman–Crippen LogP) is 4.85. The number of nitrogens with zero attached hydrogens (tertiary/aromatic N) is 2. The van der Waals surface area contributed by atoms with Crippen LogP contribution in [-0.4, -0.2) is 22.7 Å². The van der Waals surface area contributed by atoms with Gasteiger partial charge in [0.05, 0.1) is 12.4 Å². The fourth-order valence-corrected chi connectivity index (χ4v) is 3.74. The summed E-state index contributed by atoms with van der Waals surface area (Å²) in [5, 5.41) is 8.17. The molecule has 10 heteroatoms. The first-order valence-corrected chi connectivity index (χ1v) is 13.1. The number of rotatable bonds is 11. The number of benzene rings is 4. The van der Waals surface area contributed by atoms with E-state index in [0.717, 1.165) is 44.9 Å². The molecule has 0 fully saturated rings. The van der Waals surface area contributed by atoms with E-state index < -0.39 is 0 Å². The fourth-order valence-electron chi connectivity index (χ4n) is 3.63. The third kappa shape index (κ3) is 9.19.